The summed E-state index contributed by atoms with van der Waals surface area (Å²) in [5.41, 5.74) is 0.959. The number of aromatic carboxylic acids is 1. The number of unbranched alkanes of at least 4 members (excludes halogenated alkanes) is 1. The highest BCUT2D eigenvalue weighted by Gasteiger charge is 2.22. The zero-order valence-corrected chi connectivity index (χ0v) is 12.6. The van der Waals surface area contributed by atoms with Gasteiger partial charge in [-0.1, -0.05) is 19.4 Å². The van der Waals surface area contributed by atoms with Crippen molar-refractivity contribution in [2.75, 3.05) is 6.61 Å². The van der Waals surface area contributed by atoms with Gasteiger partial charge in [0.25, 0.3) is 0 Å². The van der Waals surface area contributed by atoms with E-state index in [2.05, 4.69) is 22.9 Å². The molecule has 0 bridgehead atoms. The predicted molar refractivity (Wildman–Crippen MR) is 75.7 cm³/mol. The van der Waals surface area contributed by atoms with Crippen LogP contribution in [-0.4, -0.2) is 23.7 Å². The molecule has 4 nitrogen and oxygen atoms in total. The van der Waals surface area contributed by atoms with Crippen LogP contribution in [0.5, 0.6) is 0 Å². The van der Waals surface area contributed by atoms with Crippen molar-refractivity contribution in [2.24, 2.45) is 0 Å². The van der Waals surface area contributed by atoms with Crippen molar-refractivity contribution >= 4 is 27.9 Å². The summed E-state index contributed by atoms with van der Waals surface area (Å²) in [6.07, 6.45) is 2.77. The Morgan fingerprint density at radius 3 is 2.53 bits per heavy atom. The van der Waals surface area contributed by atoms with Crippen LogP contribution in [0.15, 0.2) is 16.6 Å². The summed E-state index contributed by atoms with van der Waals surface area (Å²) in [5.74, 6) is -1.74. The van der Waals surface area contributed by atoms with E-state index in [0.717, 1.165) is 24.8 Å². The van der Waals surface area contributed by atoms with Crippen molar-refractivity contribution in [1.29, 1.82) is 0 Å². The first-order valence-corrected chi connectivity index (χ1v) is 7.04. The van der Waals surface area contributed by atoms with Crippen molar-refractivity contribution in [1.82, 2.24) is 0 Å². The minimum atomic E-state index is -1.13. The van der Waals surface area contributed by atoms with E-state index in [0.29, 0.717) is 4.47 Å². The number of hydrogen-bond acceptors (Lipinski definition) is 3. The molecule has 0 spiro atoms. The fraction of sp³-hybridized carbons (Fsp3) is 0.429. The summed E-state index contributed by atoms with van der Waals surface area (Å²) in [6.45, 7) is 3.97. The van der Waals surface area contributed by atoms with Crippen LogP contribution >= 0.6 is 15.9 Å². The molecular weight excluding hydrogens is 312 g/mol. The molecule has 0 saturated carbocycles. The molecule has 1 aromatic carbocycles. The molecule has 0 saturated heterocycles. The van der Waals surface area contributed by atoms with E-state index in [-0.39, 0.29) is 17.7 Å². The van der Waals surface area contributed by atoms with Gasteiger partial charge in [0.05, 0.1) is 17.7 Å². The quantitative estimate of drug-likeness (QED) is 0.809. The molecule has 104 valence electrons. The zero-order valence-electron chi connectivity index (χ0n) is 11.0. The number of carbonyl (C=O) groups excluding carboxylic acids is 1. The summed E-state index contributed by atoms with van der Waals surface area (Å²) >= 11 is 3.29. The second kappa shape index (κ2) is 7.28. The Hall–Kier alpha value is -1.36. The summed E-state index contributed by atoms with van der Waals surface area (Å²) in [7, 11) is 0. The molecule has 0 unspecified atom stereocenters. The molecule has 0 aliphatic rings. The summed E-state index contributed by atoms with van der Waals surface area (Å²) in [6, 6.07) is 3.30. The molecule has 5 heteroatoms. The van der Waals surface area contributed by atoms with E-state index in [4.69, 9.17) is 4.74 Å². The Kier molecular flexibility index (Phi) is 6.02. The molecule has 0 fully saturated rings. The maximum absolute atomic E-state index is 11.7. The number of carboxylic acid groups (broad SMARTS) is 1. The van der Waals surface area contributed by atoms with E-state index in [1.54, 1.807) is 13.0 Å². The molecule has 1 rings (SSSR count). The van der Waals surface area contributed by atoms with Crippen LogP contribution in [0.4, 0.5) is 0 Å². The number of ether oxygens (including phenoxy) is 1. The SMILES string of the molecule is CCCCc1ccc(C(=O)OCC)c(C(=O)O)c1Br. The smallest absolute Gasteiger partial charge is 0.339 e. The fourth-order valence-corrected chi connectivity index (χ4v) is 2.48. The third-order valence-electron chi connectivity index (χ3n) is 2.73. The van der Waals surface area contributed by atoms with Gasteiger partial charge in [-0.2, -0.15) is 0 Å². The minimum Gasteiger partial charge on any atom is -0.478 e. The summed E-state index contributed by atoms with van der Waals surface area (Å²) in [4.78, 5) is 23.1. The van der Waals surface area contributed by atoms with Crippen LogP contribution < -0.4 is 0 Å². The number of hydrogen-bond donors (Lipinski definition) is 1. The van der Waals surface area contributed by atoms with E-state index >= 15 is 0 Å². The van der Waals surface area contributed by atoms with Crippen molar-refractivity contribution in [3.05, 3.63) is 33.3 Å². The first-order chi connectivity index (χ1) is 9.02. The van der Waals surface area contributed by atoms with Crippen molar-refractivity contribution in [2.45, 2.75) is 33.1 Å². The Morgan fingerprint density at radius 1 is 1.32 bits per heavy atom. The maximum Gasteiger partial charge on any atom is 0.339 e. The van der Waals surface area contributed by atoms with Crippen LogP contribution in [0.2, 0.25) is 0 Å². The highest BCUT2D eigenvalue weighted by atomic mass is 79.9. The lowest BCUT2D eigenvalue weighted by molar-refractivity contribution is 0.0514. The zero-order chi connectivity index (χ0) is 14.4. The molecule has 0 aliphatic carbocycles. The molecule has 0 heterocycles. The lowest BCUT2D eigenvalue weighted by Gasteiger charge is -2.11. The van der Waals surface area contributed by atoms with Gasteiger partial charge in [0.2, 0.25) is 0 Å². The average Bonchev–Trinajstić information content (AvgIpc) is 2.36. The second-order valence-electron chi connectivity index (χ2n) is 4.09. The predicted octanol–water partition coefficient (Wildman–Crippen LogP) is 3.67. The monoisotopic (exact) mass is 328 g/mol. The topological polar surface area (TPSA) is 63.6 Å². The Labute approximate surface area is 120 Å². The molecule has 0 aromatic heterocycles. The first kappa shape index (κ1) is 15.7. The van der Waals surface area contributed by atoms with Gasteiger partial charge in [-0.3, -0.25) is 0 Å². The van der Waals surface area contributed by atoms with E-state index < -0.39 is 11.9 Å². The number of benzene rings is 1. The average molecular weight is 329 g/mol. The molecule has 1 N–H and O–H groups in total. The van der Waals surface area contributed by atoms with E-state index in [1.807, 2.05) is 0 Å². The molecule has 0 radical (unpaired) electrons. The molecule has 0 atom stereocenters. The van der Waals surface area contributed by atoms with Gasteiger partial charge >= 0.3 is 11.9 Å². The summed E-state index contributed by atoms with van der Waals surface area (Å²) in [5, 5.41) is 9.28. The summed E-state index contributed by atoms with van der Waals surface area (Å²) < 4.78 is 5.34. The standard InChI is InChI=1S/C14H17BrO4/c1-3-5-6-9-7-8-10(14(18)19-4-2)11(12(9)15)13(16)17/h7-8H,3-6H2,1-2H3,(H,16,17). The van der Waals surface area contributed by atoms with Crippen LogP contribution in [0.3, 0.4) is 0 Å². The molecule has 1 aromatic rings. The normalized spacial score (nSPS) is 10.3. The molecular formula is C14H17BrO4. The van der Waals surface area contributed by atoms with Gasteiger partial charge in [0, 0.05) is 4.47 Å². The van der Waals surface area contributed by atoms with E-state index in [1.165, 1.54) is 6.07 Å². The maximum atomic E-state index is 11.7. The van der Waals surface area contributed by atoms with Crippen molar-refractivity contribution < 1.29 is 19.4 Å². The third-order valence-corrected chi connectivity index (χ3v) is 3.64. The molecule has 0 amide bonds. The Bertz CT molecular complexity index is 483. The molecule has 0 aliphatic heterocycles. The van der Waals surface area contributed by atoms with Gasteiger partial charge in [-0.15, -0.1) is 0 Å². The third kappa shape index (κ3) is 3.80. The lowest BCUT2D eigenvalue weighted by Crippen LogP contribution is -2.13. The largest absolute Gasteiger partial charge is 0.478 e. The van der Waals surface area contributed by atoms with E-state index in [9.17, 15) is 14.7 Å². The van der Waals surface area contributed by atoms with Gasteiger partial charge in [-0.05, 0) is 47.3 Å². The highest BCUT2D eigenvalue weighted by Crippen LogP contribution is 2.27. The van der Waals surface area contributed by atoms with Gasteiger partial charge < -0.3 is 9.84 Å². The van der Waals surface area contributed by atoms with Gasteiger partial charge in [0.15, 0.2) is 0 Å². The van der Waals surface area contributed by atoms with Gasteiger partial charge in [-0.25, -0.2) is 9.59 Å². The van der Waals surface area contributed by atoms with Crippen LogP contribution in [0, 0.1) is 0 Å². The van der Waals surface area contributed by atoms with Crippen molar-refractivity contribution in [3.63, 3.8) is 0 Å². The first-order valence-electron chi connectivity index (χ1n) is 6.24. The number of aryl methyl sites for hydroxylation is 1. The fourth-order valence-electron chi connectivity index (χ4n) is 1.77. The van der Waals surface area contributed by atoms with Crippen molar-refractivity contribution in [3.8, 4) is 0 Å². The van der Waals surface area contributed by atoms with Crippen LogP contribution in [0.25, 0.3) is 0 Å². The number of rotatable bonds is 6. The number of carboxylic acids is 1. The Balaban J connectivity index is 3.23. The lowest BCUT2D eigenvalue weighted by atomic mass is 10.0. The Morgan fingerprint density at radius 2 is 2.00 bits per heavy atom. The minimum absolute atomic E-state index is 0.0212. The number of esters is 1. The second-order valence-corrected chi connectivity index (χ2v) is 4.88. The molecule has 19 heavy (non-hydrogen) atoms. The van der Waals surface area contributed by atoms with Crippen LogP contribution in [-0.2, 0) is 11.2 Å². The van der Waals surface area contributed by atoms with Crippen LogP contribution in [0.1, 0.15) is 53.0 Å². The highest BCUT2D eigenvalue weighted by molar-refractivity contribution is 9.10. The van der Waals surface area contributed by atoms with Gasteiger partial charge in [0.1, 0.15) is 0 Å². The number of carbonyl (C=O) groups is 2. The number of halogens is 1.